The van der Waals surface area contributed by atoms with E-state index >= 15 is 0 Å². The van der Waals surface area contributed by atoms with Gasteiger partial charge >= 0.3 is 0 Å². The summed E-state index contributed by atoms with van der Waals surface area (Å²) in [5.41, 5.74) is 5.38. The van der Waals surface area contributed by atoms with Crippen LogP contribution in [0.15, 0.2) is 0 Å². The Morgan fingerprint density at radius 2 is 1.76 bits per heavy atom. The van der Waals surface area contributed by atoms with Crippen LogP contribution in [-0.2, 0) is 4.79 Å². The lowest BCUT2D eigenvalue weighted by Crippen LogP contribution is -2.48. The zero-order valence-electron chi connectivity index (χ0n) is 10.7. The molecule has 0 aromatic carbocycles. The van der Waals surface area contributed by atoms with E-state index in [1.54, 1.807) is 0 Å². The lowest BCUT2D eigenvalue weighted by atomic mass is 9.91. The molecule has 1 aliphatic heterocycles. The Bertz CT molecular complexity index is 286. The highest BCUT2D eigenvalue weighted by molar-refractivity contribution is 5.77. The minimum Gasteiger partial charge on any atom is -0.390 e. The van der Waals surface area contributed by atoms with Gasteiger partial charge in [-0.1, -0.05) is 12.8 Å². The monoisotopic (exact) mass is 240 g/mol. The second kappa shape index (κ2) is 4.58. The van der Waals surface area contributed by atoms with E-state index in [2.05, 4.69) is 0 Å². The number of hydrogen-bond donors (Lipinski definition) is 2. The van der Waals surface area contributed by atoms with Crippen LogP contribution in [0, 0.1) is 0 Å². The van der Waals surface area contributed by atoms with Crippen LogP contribution in [0.2, 0.25) is 0 Å². The lowest BCUT2D eigenvalue weighted by molar-refractivity contribution is -0.136. The Labute approximate surface area is 103 Å². The summed E-state index contributed by atoms with van der Waals surface area (Å²) in [6.45, 7) is 3.18. The molecular weight excluding hydrogens is 216 g/mol. The van der Waals surface area contributed by atoms with Crippen LogP contribution in [0.4, 0.5) is 0 Å². The Morgan fingerprint density at radius 3 is 2.29 bits per heavy atom. The quantitative estimate of drug-likeness (QED) is 0.757. The summed E-state index contributed by atoms with van der Waals surface area (Å²) in [7, 11) is 0. The third-order valence-corrected chi connectivity index (χ3v) is 4.30. The third kappa shape index (κ3) is 3.19. The molecule has 1 aliphatic carbocycles. The molecule has 1 amide bonds. The third-order valence-electron chi connectivity index (χ3n) is 4.30. The lowest BCUT2D eigenvalue weighted by Gasteiger charge is -2.37. The molecule has 0 unspecified atom stereocenters. The maximum absolute atomic E-state index is 12.1. The second-order valence-corrected chi connectivity index (χ2v) is 6.12. The van der Waals surface area contributed by atoms with Crippen LogP contribution in [0.25, 0.3) is 0 Å². The summed E-state index contributed by atoms with van der Waals surface area (Å²) in [5.74, 6) is 0.171. The van der Waals surface area contributed by atoms with E-state index in [4.69, 9.17) is 5.73 Å². The van der Waals surface area contributed by atoms with Crippen LogP contribution in [-0.4, -0.2) is 40.1 Å². The topological polar surface area (TPSA) is 66.6 Å². The van der Waals surface area contributed by atoms with Crippen molar-refractivity contribution in [2.75, 3.05) is 13.1 Å². The fraction of sp³-hybridized carbons (Fsp3) is 0.923. The number of hydrogen-bond acceptors (Lipinski definition) is 3. The van der Waals surface area contributed by atoms with E-state index < -0.39 is 5.60 Å². The van der Waals surface area contributed by atoms with Gasteiger partial charge in [0, 0.05) is 25.0 Å². The van der Waals surface area contributed by atoms with Gasteiger partial charge in [0.1, 0.15) is 0 Å². The van der Waals surface area contributed by atoms with Crippen molar-refractivity contribution in [3.8, 4) is 0 Å². The van der Waals surface area contributed by atoms with Crippen LogP contribution < -0.4 is 5.73 Å². The number of aliphatic hydroxyl groups is 1. The Hall–Kier alpha value is -0.610. The van der Waals surface area contributed by atoms with E-state index in [9.17, 15) is 9.90 Å². The average Bonchev–Trinajstić information content (AvgIpc) is 2.64. The van der Waals surface area contributed by atoms with Gasteiger partial charge in [0.2, 0.25) is 5.91 Å². The van der Waals surface area contributed by atoms with Crippen molar-refractivity contribution < 1.29 is 9.90 Å². The molecule has 1 saturated heterocycles. The first-order valence-corrected chi connectivity index (χ1v) is 6.69. The summed E-state index contributed by atoms with van der Waals surface area (Å²) in [6, 6.07) is 0. The van der Waals surface area contributed by atoms with Gasteiger partial charge in [-0.2, -0.15) is 0 Å². The van der Waals surface area contributed by atoms with Crippen LogP contribution in [0.3, 0.4) is 0 Å². The first-order valence-electron chi connectivity index (χ1n) is 6.69. The molecule has 4 nitrogen and oxygen atoms in total. The smallest absolute Gasteiger partial charge is 0.224 e. The maximum Gasteiger partial charge on any atom is 0.224 e. The molecule has 98 valence electrons. The van der Waals surface area contributed by atoms with Crippen molar-refractivity contribution in [2.45, 2.75) is 63.0 Å². The average molecular weight is 240 g/mol. The Morgan fingerprint density at radius 1 is 1.24 bits per heavy atom. The molecule has 3 N–H and O–H groups in total. The second-order valence-electron chi connectivity index (χ2n) is 6.12. The van der Waals surface area contributed by atoms with Crippen molar-refractivity contribution in [3.05, 3.63) is 0 Å². The van der Waals surface area contributed by atoms with Crippen molar-refractivity contribution in [1.82, 2.24) is 4.90 Å². The molecule has 17 heavy (non-hydrogen) atoms. The molecule has 1 saturated carbocycles. The number of likely N-dealkylation sites (tertiary alicyclic amines) is 1. The zero-order chi connectivity index (χ0) is 12.5. The fourth-order valence-electron chi connectivity index (χ4n) is 2.91. The maximum atomic E-state index is 12.1. The van der Waals surface area contributed by atoms with Crippen molar-refractivity contribution in [3.63, 3.8) is 0 Å². The molecule has 0 radical (unpaired) electrons. The van der Waals surface area contributed by atoms with Gasteiger partial charge in [-0.05, 0) is 32.6 Å². The first kappa shape index (κ1) is 12.8. The van der Waals surface area contributed by atoms with Crippen LogP contribution in [0.1, 0.15) is 51.9 Å². The summed E-state index contributed by atoms with van der Waals surface area (Å²) in [6.07, 6.45) is 6.09. The number of rotatable bonds is 2. The normalized spacial score (nSPS) is 27.1. The van der Waals surface area contributed by atoms with E-state index in [0.29, 0.717) is 32.4 Å². The summed E-state index contributed by atoms with van der Waals surface area (Å²) < 4.78 is 0. The standard InChI is InChI=1S/C13H24N2O2/c1-12(17)6-8-15(9-7-12)11(16)10-13(14)4-2-3-5-13/h17H,2-10,14H2,1H3. The van der Waals surface area contributed by atoms with Crippen molar-refractivity contribution >= 4 is 5.91 Å². The van der Waals surface area contributed by atoms with Crippen molar-refractivity contribution in [1.29, 1.82) is 0 Å². The van der Waals surface area contributed by atoms with Gasteiger partial charge in [0.15, 0.2) is 0 Å². The first-order chi connectivity index (χ1) is 7.90. The van der Waals surface area contributed by atoms with Gasteiger partial charge in [0.05, 0.1) is 5.60 Å². The van der Waals surface area contributed by atoms with E-state index in [0.717, 1.165) is 25.7 Å². The molecule has 0 aromatic rings. The number of nitrogens with zero attached hydrogens (tertiary/aromatic N) is 1. The van der Waals surface area contributed by atoms with E-state index in [1.807, 2.05) is 11.8 Å². The molecule has 2 fully saturated rings. The highest BCUT2D eigenvalue weighted by Gasteiger charge is 2.35. The molecule has 0 atom stereocenters. The fourth-order valence-corrected chi connectivity index (χ4v) is 2.91. The number of nitrogens with two attached hydrogens (primary N) is 1. The van der Waals surface area contributed by atoms with Gasteiger partial charge in [0.25, 0.3) is 0 Å². The van der Waals surface area contributed by atoms with Crippen LogP contribution >= 0.6 is 0 Å². The van der Waals surface area contributed by atoms with Crippen molar-refractivity contribution in [2.24, 2.45) is 5.73 Å². The molecule has 0 spiro atoms. The van der Waals surface area contributed by atoms with Gasteiger partial charge in [-0.25, -0.2) is 0 Å². The Balaban J connectivity index is 1.85. The number of carbonyl (C=O) groups is 1. The number of carbonyl (C=O) groups excluding carboxylic acids is 1. The molecule has 2 rings (SSSR count). The minimum absolute atomic E-state index is 0.171. The SMILES string of the molecule is CC1(O)CCN(C(=O)CC2(N)CCCC2)CC1. The van der Waals surface area contributed by atoms with Gasteiger partial charge in [-0.15, -0.1) is 0 Å². The van der Waals surface area contributed by atoms with E-state index in [1.165, 1.54) is 0 Å². The number of piperidine rings is 1. The largest absolute Gasteiger partial charge is 0.390 e. The summed E-state index contributed by atoms with van der Waals surface area (Å²) in [4.78, 5) is 14.0. The molecule has 0 bridgehead atoms. The summed E-state index contributed by atoms with van der Waals surface area (Å²) >= 11 is 0. The van der Waals surface area contributed by atoms with Crippen LogP contribution in [0.5, 0.6) is 0 Å². The predicted molar refractivity (Wildman–Crippen MR) is 66.4 cm³/mol. The molecule has 2 aliphatic rings. The Kier molecular flexibility index (Phi) is 3.46. The molecule has 0 aromatic heterocycles. The number of amides is 1. The molecule has 1 heterocycles. The van der Waals surface area contributed by atoms with Gasteiger partial charge < -0.3 is 15.7 Å². The highest BCUT2D eigenvalue weighted by Crippen LogP contribution is 2.31. The highest BCUT2D eigenvalue weighted by atomic mass is 16.3. The zero-order valence-corrected chi connectivity index (χ0v) is 10.7. The molecule has 4 heteroatoms. The summed E-state index contributed by atoms with van der Waals surface area (Å²) in [5, 5.41) is 9.85. The predicted octanol–water partition coefficient (Wildman–Crippen LogP) is 1.02. The molecular formula is C13H24N2O2. The van der Waals surface area contributed by atoms with Gasteiger partial charge in [-0.3, -0.25) is 4.79 Å². The van der Waals surface area contributed by atoms with E-state index in [-0.39, 0.29) is 11.4 Å². The minimum atomic E-state index is -0.593.